The molecule has 1 amide bonds. The number of amides is 1. The summed E-state index contributed by atoms with van der Waals surface area (Å²) in [5.74, 6) is 1.41. The van der Waals surface area contributed by atoms with E-state index in [-0.39, 0.29) is 5.91 Å². The van der Waals surface area contributed by atoms with Crippen LogP contribution in [0, 0.1) is 0 Å². The van der Waals surface area contributed by atoms with Gasteiger partial charge in [0.15, 0.2) is 0 Å². The molecule has 0 spiro atoms. The Balaban J connectivity index is 0.000000289. The molecule has 0 fully saturated rings. The number of nitrogen functional groups attached to an aromatic ring is 2. The molecule has 7 heteroatoms. The third-order valence-corrected chi connectivity index (χ3v) is 3.90. The van der Waals surface area contributed by atoms with E-state index in [9.17, 15) is 4.79 Å². The van der Waals surface area contributed by atoms with Crippen molar-refractivity contribution in [3.05, 3.63) is 52.5 Å². The molecule has 0 aromatic heterocycles. The lowest BCUT2D eigenvalue weighted by Crippen LogP contribution is -2.18. The van der Waals surface area contributed by atoms with E-state index >= 15 is 0 Å². The number of carbonyl (C=O) groups excluding carboxylic acids is 1. The molecule has 2 aromatic carbocycles. The number of benzene rings is 2. The Morgan fingerprint density at radius 3 is 2.04 bits per heavy atom. The summed E-state index contributed by atoms with van der Waals surface area (Å²) in [4.78, 5) is 12.9. The number of nitrogens with two attached hydrogens (primary N) is 2. The summed E-state index contributed by atoms with van der Waals surface area (Å²) in [6.07, 6.45) is 3.18. The van der Waals surface area contributed by atoms with Gasteiger partial charge in [0, 0.05) is 37.1 Å². The fraction of sp³-hybridized carbons (Fsp3) is 0.211. The minimum absolute atomic E-state index is 0.0792. The predicted molar refractivity (Wildman–Crippen MR) is 110 cm³/mol. The highest BCUT2D eigenvalue weighted by Crippen LogP contribution is 2.26. The van der Waals surface area contributed by atoms with Gasteiger partial charge in [0.25, 0.3) is 0 Å². The van der Waals surface area contributed by atoms with E-state index < -0.39 is 0 Å². The zero-order valence-corrected chi connectivity index (χ0v) is 16.9. The van der Waals surface area contributed by atoms with Gasteiger partial charge in [-0.15, -0.1) is 0 Å². The molecule has 140 valence electrons. The Morgan fingerprint density at radius 1 is 1.00 bits per heavy atom. The summed E-state index contributed by atoms with van der Waals surface area (Å²) in [5.41, 5.74) is 13.3. The second-order valence-corrected chi connectivity index (χ2v) is 6.32. The molecule has 4 N–H and O–H groups in total. The highest BCUT2D eigenvalue weighted by molar-refractivity contribution is 9.10. The lowest BCUT2D eigenvalue weighted by Gasteiger charge is -2.07. The fourth-order valence-corrected chi connectivity index (χ4v) is 2.43. The molecule has 0 heterocycles. The van der Waals surface area contributed by atoms with E-state index in [1.54, 1.807) is 64.7 Å². The van der Waals surface area contributed by atoms with Crippen molar-refractivity contribution in [2.24, 2.45) is 0 Å². The third kappa shape index (κ3) is 6.68. The van der Waals surface area contributed by atoms with Crippen LogP contribution >= 0.6 is 15.9 Å². The van der Waals surface area contributed by atoms with Gasteiger partial charge in [-0.05, 0) is 58.4 Å². The van der Waals surface area contributed by atoms with E-state index in [0.29, 0.717) is 11.4 Å². The molecular formula is C19H24BrN3O3. The molecule has 0 aliphatic carbocycles. The van der Waals surface area contributed by atoms with Crippen LogP contribution in [0.25, 0.3) is 6.08 Å². The minimum atomic E-state index is -0.0792. The van der Waals surface area contributed by atoms with Gasteiger partial charge in [-0.2, -0.15) is 0 Å². The lowest BCUT2D eigenvalue weighted by atomic mass is 10.1. The van der Waals surface area contributed by atoms with Crippen molar-refractivity contribution in [2.75, 3.05) is 39.8 Å². The van der Waals surface area contributed by atoms with Gasteiger partial charge in [0.05, 0.1) is 18.7 Å². The zero-order valence-electron chi connectivity index (χ0n) is 15.3. The molecule has 0 unspecified atom stereocenters. The zero-order chi connectivity index (χ0) is 19.7. The molecule has 6 nitrogen and oxygen atoms in total. The number of ether oxygens (including phenoxy) is 2. The third-order valence-electron chi connectivity index (χ3n) is 3.28. The summed E-state index contributed by atoms with van der Waals surface area (Å²) < 4.78 is 11.0. The monoisotopic (exact) mass is 421 g/mol. The fourth-order valence-electron chi connectivity index (χ4n) is 1.88. The summed E-state index contributed by atoms with van der Waals surface area (Å²) >= 11 is 3.30. The van der Waals surface area contributed by atoms with Crippen LogP contribution in [0.5, 0.6) is 11.5 Å². The summed E-state index contributed by atoms with van der Waals surface area (Å²) in [5, 5.41) is 0. The van der Waals surface area contributed by atoms with E-state index in [4.69, 9.17) is 20.9 Å². The van der Waals surface area contributed by atoms with Gasteiger partial charge in [0.2, 0.25) is 5.91 Å². The van der Waals surface area contributed by atoms with Gasteiger partial charge >= 0.3 is 0 Å². The van der Waals surface area contributed by atoms with Crippen LogP contribution in [0.15, 0.2) is 46.9 Å². The Morgan fingerprint density at radius 2 is 1.54 bits per heavy atom. The highest BCUT2D eigenvalue weighted by atomic mass is 79.9. The topological polar surface area (TPSA) is 90.8 Å². The molecule has 0 atom stereocenters. The van der Waals surface area contributed by atoms with Gasteiger partial charge in [-0.1, -0.05) is 0 Å². The summed E-state index contributed by atoms with van der Waals surface area (Å²) in [6, 6.07) is 10.7. The van der Waals surface area contributed by atoms with E-state index in [1.165, 1.54) is 11.0 Å². The Labute approximate surface area is 162 Å². The molecule has 0 aliphatic heterocycles. The molecule has 0 radical (unpaired) electrons. The Hall–Kier alpha value is -2.67. The van der Waals surface area contributed by atoms with Crippen molar-refractivity contribution >= 4 is 39.3 Å². The quantitative estimate of drug-likeness (QED) is 0.582. The van der Waals surface area contributed by atoms with Gasteiger partial charge in [0.1, 0.15) is 11.5 Å². The average molecular weight is 422 g/mol. The molecule has 2 aromatic rings. The maximum absolute atomic E-state index is 11.4. The number of anilines is 2. The number of hydrogen-bond acceptors (Lipinski definition) is 5. The first-order valence-corrected chi connectivity index (χ1v) is 8.49. The number of hydrogen-bond donors (Lipinski definition) is 2. The van der Waals surface area contributed by atoms with Crippen molar-refractivity contribution < 1.29 is 14.3 Å². The normalized spacial score (nSPS) is 10.0. The first-order chi connectivity index (χ1) is 12.3. The maximum atomic E-state index is 11.4. The van der Waals surface area contributed by atoms with Crippen molar-refractivity contribution in [2.45, 2.75) is 0 Å². The first-order valence-electron chi connectivity index (χ1n) is 7.70. The smallest absolute Gasteiger partial charge is 0.246 e. The van der Waals surface area contributed by atoms with Crippen LogP contribution in [-0.2, 0) is 4.79 Å². The van der Waals surface area contributed by atoms with Crippen LogP contribution in [0.4, 0.5) is 11.4 Å². The molecule has 0 aliphatic rings. The number of methoxy groups -OCH3 is 2. The molecule has 2 rings (SSSR count). The summed E-state index contributed by atoms with van der Waals surface area (Å²) in [6.45, 7) is 0. The molecular weight excluding hydrogens is 398 g/mol. The van der Waals surface area contributed by atoms with E-state index in [0.717, 1.165) is 21.5 Å². The standard InChI is InChI=1S/C12H16N2O2.C7H8BrNO/c1-14(2)12(15)7-4-9-8-10(13)5-6-11(9)16-3;1-10-7-3-2-5(9)4-6(7)8/h4-8H,13H2,1-3H3;2-4H,9H2,1H3. The van der Waals surface area contributed by atoms with Crippen molar-refractivity contribution in [3.63, 3.8) is 0 Å². The lowest BCUT2D eigenvalue weighted by molar-refractivity contribution is -0.123. The first kappa shape index (κ1) is 21.4. The number of nitrogens with zero attached hydrogens (tertiary/aromatic N) is 1. The van der Waals surface area contributed by atoms with Crippen LogP contribution in [0.2, 0.25) is 0 Å². The van der Waals surface area contributed by atoms with E-state index in [1.807, 2.05) is 6.07 Å². The highest BCUT2D eigenvalue weighted by Gasteiger charge is 2.02. The van der Waals surface area contributed by atoms with Crippen LogP contribution in [-0.4, -0.2) is 39.1 Å². The number of halogens is 1. The number of likely N-dealkylation sites (N-methyl/N-ethyl adjacent to an activating group) is 1. The SMILES string of the molecule is COc1ccc(N)cc1Br.COc1ccc(N)cc1C=CC(=O)N(C)C. The predicted octanol–water partition coefficient (Wildman–Crippen LogP) is 3.42. The minimum Gasteiger partial charge on any atom is -0.496 e. The van der Waals surface area contributed by atoms with Crippen LogP contribution in [0.1, 0.15) is 5.56 Å². The van der Waals surface area contributed by atoms with Crippen molar-refractivity contribution in [1.82, 2.24) is 4.90 Å². The van der Waals surface area contributed by atoms with Gasteiger partial charge in [-0.25, -0.2) is 0 Å². The molecule has 0 saturated heterocycles. The number of rotatable bonds is 4. The van der Waals surface area contributed by atoms with Crippen LogP contribution in [0.3, 0.4) is 0 Å². The van der Waals surface area contributed by atoms with Crippen molar-refractivity contribution in [3.8, 4) is 11.5 Å². The van der Waals surface area contributed by atoms with Gasteiger partial charge in [-0.3, -0.25) is 4.79 Å². The molecule has 26 heavy (non-hydrogen) atoms. The molecule has 0 saturated carbocycles. The van der Waals surface area contributed by atoms with E-state index in [2.05, 4.69) is 15.9 Å². The second-order valence-electron chi connectivity index (χ2n) is 5.46. The maximum Gasteiger partial charge on any atom is 0.246 e. The summed E-state index contributed by atoms with van der Waals surface area (Å²) in [7, 11) is 6.60. The second kappa shape index (κ2) is 10.4. The largest absolute Gasteiger partial charge is 0.496 e. The molecule has 0 bridgehead atoms. The Bertz CT molecular complexity index is 777. The number of carbonyl (C=O) groups is 1. The Kier molecular flexibility index (Phi) is 8.51. The van der Waals surface area contributed by atoms with Crippen LogP contribution < -0.4 is 20.9 Å². The average Bonchev–Trinajstić information content (AvgIpc) is 2.60. The van der Waals surface area contributed by atoms with Crippen molar-refractivity contribution in [1.29, 1.82) is 0 Å². The van der Waals surface area contributed by atoms with Gasteiger partial charge < -0.3 is 25.8 Å².